The minimum absolute atomic E-state index is 0.104. The highest BCUT2D eigenvalue weighted by atomic mass is 14.4. The van der Waals surface area contributed by atoms with Gasteiger partial charge in [0, 0.05) is 35.6 Å². The van der Waals surface area contributed by atoms with E-state index in [9.17, 15) is 0 Å². The van der Waals surface area contributed by atoms with Crippen molar-refractivity contribution in [3.8, 4) is 0 Å². The highest BCUT2D eigenvalue weighted by Crippen LogP contribution is 2.39. The van der Waals surface area contributed by atoms with Gasteiger partial charge in [0.1, 0.15) is 0 Å². The smallest absolute Gasteiger partial charge is 0.0302 e. The molecule has 0 radical (unpaired) electrons. The summed E-state index contributed by atoms with van der Waals surface area (Å²) >= 11 is 0. The SMILES string of the molecule is CC(C)(C)C(C)(C)C.[2H]C(C)(C)C(C)(C)C.[2H]C(C)(C)C(C)(C)C.[2H]C(C)(C)C([2H])(C)C.[2H]C([2H])(C)C(C)(C)C.[2H]C([2H])(C)C(C)(C)C.[2H]C([2H])(C)C([2H])(C)C.[2H]C([2H])(C)C([2H])(C)C.[2H]C([2H])([2H])C(C)(C)C(C)(C)C.[2H]C([2H])([2H])C(C)(C)C(C)(C)C.[2H]C([2H])([2H])C(C)(C)C(C)(C)C.[2H]C([2H])([2H])C(C)(C)C(C)(C)C. The maximum atomic E-state index is 7.58. The molecule has 0 aromatic carbocycles. The molecule has 0 atom stereocenters. The summed E-state index contributed by atoms with van der Waals surface area (Å²) in [6.07, 6.45) is -4.92. The van der Waals surface area contributed by atoms with Crippen molar-refractivity contribution < 1.29 is 35.6 Å². The van der Waals surface area contributed by atoms with Crippen LogP contribution in [0.25, 0.3) is 0 Å². The Morgan fingerprint density at radius 1 is 0.244 bits per heavy atom. The van der Waals surface area contributed by atoms with Gasteiger partial charge in [0.15, 0.2) is 0 Å². The molecule has 0 unspecified atom stereocenters. The Kier molecular flexibility index (Phi) is 32.8. The van der Waals surface area contributed by atoms with Gasteiger partial charge in [0.25, 0.3) is 0 Å². The van der Waals surface area contributed by atoms with Crippen LogP contribution >= 0.6 is 0 Å². The molecular weight excluding hydrogens is 985 g/mol. The molecule has 82 heavy (non-hydrogen) atoms. The van der Waals surface area contributed by atoms with Crippen LogP contribution in [-0.2, 0) is 0 Å². The molecule has 0 aliphatic rings. The Balaban J connectivity index is -0.0000000933. The molecule has 516 valence electrons. The first-order valence-corrected chi connectivity index (χ1v) is 31.0. The number of rotatable bonds is 3. The van der Waals surface area contributed by atoms with Crippen LogP contribution in [0.2, 0.25) is 0 Å². The van der Waals surface area contributed by atoms with Gasteiger partial charge >= 0.3 is 0 Å². The second kappa shape index (κ2) is 46.1. The first-order chi connectivity index (χ1) is 44.0. The van der Waals surface area contributed by atoms with Crippen molar-refractivity contribution >= 4 is 0 Å². The first kappa shape index (κ1) is 58.4. The Labute approximate surface area is 572 Å². The van der Waals surface area contributed by atoms with Gasteiger partial charge in [0.2, 0.25) is 0 Å². The summed E-state index contributed by atoms with van der Waals surface area (Å²) in [4.78, 5) is 0. The maximum absolute atomic E-state index is 7.58. The van der Waals surface area contributed by atoms with E-state index >= 15 is 0 Å². The summed E-state index contributed by atoms with van der Waals surface area (Å²) in [6, 6.07) is 0. The summed E-state index contributed by atoms with van der Waals surface area (Å²) in [5.74, 6) is -3.88. The minimum atomic E-state index is -1.87. The van der Waals surface area contributed by atoms with Gasteiger partial charge < -0.3 is 0 Å². The summed E-state index contributed by atoms with van der Waals surface area (Å²) in [7, 11) is 0. The van der Waals surface area contributed by atoms with Gasteiger partial charge in [0.05, 0.1) is 0 Å². The van der Waals surface area contributed by atoms with Crippen molar-refractivity contribution in [2.24, 2.45) is 111 Å². The Bertz CT molecular complexity index is 1730. The summed E-state index contributed by atoms with van der Waals surface area (Å²) in [5, 5.41) is 0. The molecule has 0 aromatic rings. The zero-order valence-electron chi connectivity index (χ0n) is 94.0. The quantitative estimate of drug-likeness (QED) is 0.264. The average Bonchev–Trinajstić information content (AvgIpc) is 0.801. The van der Waals surface area contributed by atoms with E-state index in [0.717, 1.165) is 0 Å². The summed E-state index contributed by atoms with van der Waals surface area (Å²) in [5.41, 5.74) is -2.60. The lowest BCUT2D eigenvalue weighted by molar-refractivity contribution is 0.157. The van der Waals surface area contributed by atoms with Crippen LogP contribution in [0, 0.1) is 111 Å². The molecule has 0 aromatic heterocycles. The Morgan fingerprint density at radius 3 is 0.329 bits per heavy atom. The molecule has 0 aliphatic heterocycles. The second-order valence-corrected chi connectivity index (χ2v) is 36.0. The third-order valence-electron chi connectivity index (χ3n) is 16.2. The fourth-order valence-corrected chi connectivity index (χ4v) is 0. The van der Waals surface area contributed by atoms with E-state index in [1.807, 2.05) is 152 Å². The van der Waals surface area contributed by atoms with Crippen LogP contribution in [0.4, 0.5) is 0 Å². The van der Waals surface area contributed by atoms with Crippen LogP contribution in [0.3, 0.4) is 0 Å². The number of hydrogen-bond donors (Lipinski definition) is 0. The monoisotopic (exact) mass is 1200 g/mol. The van der Waals surface area contributed by atoms with Gasteiger partial charge in [-0.3, -0.25) is 0 Å². The highest BCUT2D eigenvalue weighted by molar-refractivity contribution is 4.80. The molecule has 0 saturated carbocycles. The largest absolute Gasteiger partial charge is 0.0651 e. The molecule has 0 nitrogen and oxygen atoms in total. The van der Waals surface area contributed by atoms with E-state index in [4.69, 9.17) is 35.6 Å². The van der Waals surface area contributed by atoms with E-state index in [-0.39, 0.29) is 55.1 Å². The molecule has 0 heterocycles. The minimum Gasteiger partial charge on any atom is -0.0651 e. The molecule has 0 aliphatic carbocycles. The summed E-state index contributed by atoms with van der Waals surface area (Å²) < 4.78 is 190. The van der Waals surface area contributed by atoms with E-state index in [1.54, 1.807) is 125 Å². The third kappa shape index (κ3) is 99.0. The van der Waals surface area contributed by atoms with Crippen molar-refractivity contribution in [2.75, 3.05) is 0 Å². The number of hydrogen-bond acceptors (Lipinski definition) is 0. The standard InChI is InChI=1S/5C8H18.2C7H16.3C6H14.2C5H12/c5*1-7(2,3)8(4,5)6;2*1-6(2)7(3,4)5;2*1-5-6(2,3)4;1-5(2)6(3)4;2*1-4-5(2)3/h5*1-6H3;2*6H,1-5H3;2*5H2,1-4H3;5-6H,1-4H3;2*5H,4H2,1-3H3/i4*1D3;;2*6D;2*5D2;5D,6D;2*4D2,5D. The van der Waals surface area contributed by atoms with Gasteiger partial charge in [-0.2, -0.15) is 0 Å². The Hall–Kier alpha value is 0. The normalized spacial score (nSPS) is 19.6. The Morgan fingerprint density at radius 2 is 0.329 bits per heavy atom. The molecule has 0 saturated heterocycles. The van der Waals surface area contributed by atoms with Gasteiger partial charge in [-0.25, -0.2) is 0 Å². The molecule has 0 N–H and O–H groups in total. The van der Waals surface area contributed by atoms with Gasteiger partial charge in [-0.1, -0.05) is 427 Å². The van der Waals surface area contributed by atoms with Gasteiger partial charge in [-0.15, -0.1) is 0 Å². The molecular formula is C82H188. The van der Waals surface area contributed by atoms with Gasteiger partial charge in [-0.05, 0) is 111 Å². The van der Waals surface area contributed by atoms with Crippen molar-refractivity contribution in [1.29, 1.82) is 0 Å². The van der Waals surface area contributed by atoms with Crippen molar-refractivity contribution in [3.05, 3.63) is 0 Å². The first-order valence-electron chi connectivity index (χ1n) is 44.0. The molecule has 0 spiro atoms. The highest BCUT2D eigenvalue weighted by Gasteiger charge is 2.30. The van der Waals surface area contributed by atoms with Crippen molar-refractivity contribution in [2.45, 2.75) is 427 Å². The van der Waals surface area contributed by atoms with Crippen molar-refractivity contribution in [3.63, 3.8) is 0 Å². The predicted molar refractivity (Wildman–Crippen MR) is 403 cm³/mol. The summed E-state index contributed by atoms with van der Waals surface area (Å²) in [6.45, 7) is 94.9. The van der Waals surface area contributed by atoms with Crippen LogP contribution in [0.15, 0.2) is 0 Å². The van der Waals surface area contributed by atoms with Crippen LogP contribution in [0.5, 0.6) is 0 Å². The molecule has 0 bridgehead atoms. The second-order valence-electron chi connectivity index (χ2n) is 36.0. The lowest BCUT2D eigenvalue weighted by Crippen LogP contribution is -2.25. The maximum Gasteiger partial charge on any atom is 0.0302 e. The lowest BCUT2D eigenvalue weighted by Gasteiger charge is -2.34. The van der Waals surface area contributed by atoms with Crippen molar-refractivity contribution in [1.82, 2.24) is 0 Å². The molecule has 0 fully saturated rings. The molecule has 0 amide bonds. The topological polar surface area (TPSA) is 0 Å². The van der Waals surface area contributed by atoms with Crippen LogP contribution < -0.4 is 0 Å². The van der Waals surface area contributed by atoms with E-state index in [0.29, 0.717) is 10.8 Å². The van der Waals surface area contributed by atoms with E-state index < -0.39 is 98.1 Å². The zero-order chi connectivity index (χ0) is 94.0. The fourth-order valence-electron chi connectivity index (χ4n) is 0. The molecule has 0 heteroatoms. The predicted octanol–water partition coefficient (Wildman–Crippen LogP) is 32.1. The zero-order valence-corrected chi connectivity index (χ0v) is 68.0. The van der Waals surface area contributed by atoms with Crippen LogP contribution in [0.1, 0.15) is 462 Å². The third-order valence-corrected chi connectivity index (χ3v) is 16.2. The average molecular weight is 1200 g/mol. The van der Waals surface area contributed by atoms with E-state index in [1.165, 1.54) is 13.8 Å². The van der Waals surface area contributed by atoms with Crippen LogP contribution in [-0.4, -0.2) is 0 Å². The van der Waals surface area contributed by atoms with E-state index in [2.05, 4.69) is 83.1 Å². The molecule has 0 rings (SSSR count). The lowest BCUT2D eigenvalue weighted by atomic mass is 9.71. The fraction of sp³-hybridized carbons (Fsp3) is 1.00.